The number of aliphatic hydroxyl groups excluding tert-OH is 1. The third-order valence-corrected chi connectivity index (χ3v) is 6.44. The van der Waals surface area contributed by atoms with E-state index in [0.29, 0.717) is 17.1 Å². The smallest absolute Gasteiger partial charge is 0.352 e. The molecule has 20 heavy (non-hydrogen) atoms. The van der Waals surface area contributed by atoms with Crippen molar-refractivity contribution in [3.63, 3.8) is 0 Å². The van der Waals surface area contributed by atoms with E-state index in [-0.39, 0.29) is 5.70 Å². The molecule has 6 nitrogen and oxygen atoms in total. The van der Waals surface area contributed by atoms with E-state index in [4.69, 9.17) is 0 Å². The van der Waals surface area contributed by atoms with Crippen LogP contribution in [0.1, 0.15) is 0 Å². The lowest BCUT2D eigenvalue weighted by atomic mass is 10.1. The Morgan fingerprint density at radius 2 is 2.40 bits per heavy atom. The standard InChI is InChI=1S/C11H10N2O4S3/c14-8-9(15)13-7(11(16)17)5(3-19-10(8)13)2-18-6-1-12-4-20-6/h1,4,8,10,14H,2-3H2,(H,16,17)/t8-,10+/m1/s1. The van der Waals surface area contributed by atoms with Gasteiger partial charge in [0, 0.05) is 11.5 Å². The fraction of sp³-hybridized carbons (Fsp3) is 0.364. The molecule has 3 rings (SSSR count). The van der Waals surface area contributed by atoms with Crippen LogP contribution in [-0.2, 0) is 9.59 Å². The first-order valence-electron chi connectivity index (χ1n) is 5.69. The molecule has 0 spiro atoms. The van der Waals surface area contributed by atoms with Gasteiger partial charge in [-0.3, -0.25) is 14.7 Å². The van der Waals surface area contributed by atoms with Gasteiger partial charge in [0.25, 0.3) is 5.91 Å². The van der Waals surface area contributed by atoms with Crippen LogP contribution in [-0.4, -0.2) is 55.0 Å². The molecule has 0 radical (unpaired) electrons. The number of fused-ring (bicyclic) bond motifs is 1. The summed E-state index contributed by atoms with van der Waals surface area (Å²) >= 11 is 4.40. The van der Waals surface area contributed by atoms with E-state index >= 15 is 0 Å². The molecule has 1 aromatic heterocycles. The number of thioether (sulfide) groups is 2. The molecule has 1 fully saturated rings. The highest BCUT2D eigenvalue weighted by Gasteiger charge is 2.52. The maximum Gasteiger partial charge on any atom is 0.352 e. The third kappa shape index (κ3) is 2.24. The predicted molar refractivity (Wildman–Crippen MR) is 76.6 cm³/mol. The van der Waals surface area contributed by atoms with Crippen molar-refractivity contribution < 1.29 is 19.8 Å². The van der Waals surface area contributed by atoms with E-state index in [9.17, 15) is 19.8 Å². The minimum Gasteiger partial charge on any atom is -0.477 e. The Labute approximate surface area is 126 Å². The zero-order valence-electron chi connectivity index (χ0n) is 10.1. The van der Waals surface area contributed by atoms with Crippen LogP contribution in [0.3, 0.4) is 0 Å². The van der Waals surface area contributed by atoms with Crippen molar-refractivity contribution in [1.29, 1.82) is 0 Å². The first-order chi connectivity index (χ1) is 9.59. The number of hydrogen-bond donors (Lipinski definition) is 2. The molecule has 1 aromatic rings. The molecule has 1 saturated heterocycles. The Morgan fingerprint density at radius 1 is 1.60 bits per heavy atom. The molecule has 9 heteroatoms. The first kappa shape index (κ1) is 13.9. The minimum absolute atomic E-state index is 0.0288. The Kier molecular flexibility index (Phi) is 3.76. The summed E-state index contributed by atoms with van der Waals surface area (Å²) in [5, 5.41) is 18.4. The number of thiazole rings is 1. The molecule has 0 unspecified atom stereocenters. The zero-order chi connectivity index (χ0) is 14.3. The van der Waals surface area contributed by atoms with E-state index in [0.717, 1.165) is 4.21 Å². The van der Waals surface area contributed by atoms with Crippen LogP contribution in [0.15, 0.2) is 27.2 Å². The molecule has 0 bridgehead atoms. The molecule has 2 atom stereocenters. The molecule has 1 amide bonds. The Morgan fingerprint density at radius 3 is 3.05 bits per heavy atom. The summed E-state index contributed by atoms with van der Waals surface area (Å²) in [5.41, 5.74) is 2.45. The second kappa shape index (κ2) is 5.40. The lowest BCUT2D eigenvalue weighted by Crippen LogP contribution is -2.64. The first-order valence-corrected chi connectivity index (χ1v) is 8.60. The third-order valence-electron chi connectivity index (χ3n) is 3.02. The van der Waals surface area contributed by atoms with Gasteiger partial charge in [-0.25, -0.2) is 4.79 Å². The monoisotopic (exact) mass is 330 g/mol. The number of nitrogens with zero attached hydrogens (tertiary/aromatic N) is 2. The number of carboxylic acid groups (broad SMARTS) is 1. The van der Waals surface area contributed by atoms with Gasteiger partial charge in [-0.2, -0.15) is 0 Å². The van der Waals surface area contributed by atoms with Crippen molar-refractivity contribution in [2.75, 3.05) is 11.5 Å². The minimum atomic E-state index is -1.12. The fourth-order valence-electron chi connectivity index (χ4n) is 2.07. The summed E-state index contributed by atoms with van der Waals surface area (Å²) < 4.78 is 1.00. The summed E-state index contributed by atoms with van der Waals surface area (Å²) in [5.74, 6) is -0.627. The maximum atomic E-state index is 11.6. The molecule has 0 aliphatic carbocycles. The Balaban J connectivity index is 1.82. The number of aliphatic carboxylic acids is 1. The maximum absolute atomic E-state index is 11.6. The van der Waals surface area contributed by atoms with Crippen molar-refractivity contribution in [2.24, 2.45) is 0 Å². The Hall–Kier alpha value is -1.03. The van der Waals surface area contributed by atoms with E-state index < -0.39 is 23.4 Å². The van der Waals surface area contributed by atoms with Crippen molar-refractivity contribution in [2.45, 2.75) is 15.7 Å². The molecule has 106 valence electrons. The summed E-state index contributed by atoms with van der Waals surface area (Å²) in [7, 11) is 0. The van der Waals surface area contributed by atoms with Crippen molar-refractivity contribution in [1.82, 2.24) is 9.88 Å². The number of carboxylic acids is 1. The van der Waals surface area contributed by atoms with Crippen molar-refractivity contribution >= 4 is 46.7 Å². The number of hydrogen-bond acceptors (Lipinski definition) is 7. The Bertz CT molecular complexity index is 586. The van der Waals surface area contributed by atoms with Gasteiger partial charge in [0.15, 0.2) is 6.10 Å². The molecule has 0 aromatic carbocycles. The molecule has 3 heterocycles. The van der Waals surface area contributed by atoms with Gasteiger partial charge < -0.3 is 10.2 Å². The van der Waals surface area contributed by atoms with E-state index in [1.165, 1.54) is 39.8 Å². The van der Waals surface area contributed by atoms with Crippen LogP contribution in [0, 0.1) is 0 Å². The number of aliphatic hydroxyl groups is 1. The number of carbonyl (C=O) groups excluding carboxylic acids is 1. The molecule has 2 aliphatic rings. The van der Waals surface area contributed by atoms with Gasteiger partial charge in [-0.05, 0) is 5.57 Å². The molecule has 2 aliphatic heterocycles. The SMILES string of the molecule is O=C(O)C1=C(CSc2cncs2)CS[C@H]2[C@H](O)C(=O)N12. The fourth-order valence-corrected chi connectivity index (χ4v) is 5.09. The molecular weight excluding hydrogens is 320 g/mol. The van der Waals surface area contributed by atoms with Gasteiger partial charge in [0.05, 0.1) is 15.9 Å². The number of amides is 1. The zero-order valence-corrected chi connectivity index (χ0v) is 12.5. The van der Waals surface area contributed by atoms with Gasteiger partial charge >= 0.3 is 5.97 Å². The normalized spacial score (nSPS) is 25.4. The quantitative estimate of drug-likeness (QED) is 0.625. The highest BCUT2D eigenvalue weighted by Crippen LogP contribution is 2.41. The van der Waals surface area contributed by atoms with Crippen LogP contribution >= 0.6 is 34.9 Å². The van der Waals surface area contributed by atoms with Crippen LogP contribution in [0.5, 0.6) is 0 Å². The number of rotatable bonds is 4. The summed E-state index contributed by atoms with van der Waals surface area (Å²) in [6.07, 6.45) is 0.651. The van der Waals surface area contributed by atoms with Crippen LogP contribution in [0.2, 0.25) is 0 Å². The van der Waals surface area contributed by atoms with Gasteiger partial charge in [0.2, 0.25) is 0 Å². The second-order valence-electron chi connectivity index (χ2n) is 4.22. The number of β-lactam (4-membered cyclic amide) rings is 1. The van der Waals surface area contributed by atoms with Crippen LogP contribution in [0.25, 0.3) is 0 Å². The van der Waals surface area contributed by atoms with E-state index in [1.807, 2.05) is 0 Å². The van der Waals surface area contributed by atoms with Crippen molar-refractivity contribution in [3.05, 3.63) is 23.0 Å². The summed E-state index contributed by atoms with van der Waals surface area (Å²) in [4.78, 5) is 28.2. The van der Waals surface area contributed by atoms with E-state index in [2.05, 4.69) is 4.98 Å². The summed E-state index contributed by atoms with van der Waals surface area (Å²) in [6, 6.07) is 0. The average Bonchev–Trinajstić information content (AvgIpc) is 2.96. The molecule has 0 saturated carbocycles. The van der Waals surface area contributed by atoms with Gasteiger partial charge in [-0.15, -0.1) is 34.9 Å². The van der Waals surface area contributed by atoms with Crippen LogP contribution in [0.4, 0.5) is 0 Å². The predicted octanol–water partition coefficient (Wildman–Crippen LogP) is 0.850. The lowest BCUT2D eigenvalue weighted by molar-refractivity contribution is -0.159. The topological polar surface area (TPSA) is 90.7 Å². The van der Waals surface area contributed by atoms with Crippen molar-refractivity contribution in [3.8, 4) is 0 Å². The van der Waals surface area contributed by atoms with E-state index in [1.54, 1.807) is 11.7 Å². The highest BCUT2D eigenvalue weighted by atomic mass is 32.2. The average molecular weight is 330 g/mol. The number of aromatic nitrogens is 1. The second-order valence-corrected chi connectivity index (χ2v) is 7.49. The highest BCUT2D eigenvalue weighted by molar-refractivity contribution is 8.02. The molecule has 2 N–H and O–H groups in total. The van der Waals surface area contributed by atoms with Gasteiger partial charge in [0.1, 0.15) is 11.1 Å². The van der Waals surface area contributed by atoms with Gasteiger partial charge in [-0.1, -0.05) is 0 Å². The summed E-state index contributed by atoms with van der Waals surface area (Å²) in [6.45, 7) is 0. The molecular formula is C11H10N2O4S3. The number of carbonyl (C=O) groups is 2. The lowest BCUT2D eigenvalue weighted by Gasteiger charge is -2.47. The largest absolute Gasteiger partial charge is 0.477 e. The van der Waals surface area contributed by atoms with Crippen LogP contribution < -0.4 is 0 Å².